The Morgan fingerprint density at radius 3 is 2.27 bits per heavy atom. The highest BCUT2D eigenvalue weighted by atomic mass is 16.6. The maximum absolute atomic E-state index is 11.2. The van der Waals surface area contributed by atoms with E-state index in [-0.39, 0.29) is 24.5 Å². The van der Waals surface area contributed by atoms with E-state index in [1.807, 2.05) is 13.8 Å². The molecule has 0 aromatic rings. The number of amides is 2. The highest BCUT2D eigenvalue weighted by Crippen LogP contribution is 1.88. The SMILES string of the molecule is CC(C)NC(=O)CCNC(=O)OC(C)C. The molecule has 0 spiro atoms. The number of alkyl carbamates (subject to hydrolysis) is 1. The number of carbonyl (C=O) groups is 2. The van der Waals surface area contributed by atoms with Crippen LogP contribution < -0.4 is 10.6 Å². The Morgan fingerprint density at radius 2 is 1.80 bits per heavy atom. The fraction of sp³-hybridized carbons (Fsp3) is 0.800. The Kier molecular flexibility index (Phi) is 6.49. The van der Waals surface area contributed by atoms with Crippen LogP contribution in [-0.2, 0) is 9.53 Å². The van der Waals surface area contributed by atoms with Gasteiger partial charge in [0, 0.05) is 19.0 Å². The summed E-state index contributed by atoms with van der Waals surface area (Å²) in [5.74, 6) is -0.0742. The van der Waals surface area contributed by atoms with Crippen molar-refractivity contribution in [3.63, 3.8) is 0 Å². The predicted octanol–water partition coefficient (Wildman–Crippen LogP) is 1.04. The van der Waals surface area contributed by atoms with Crippen LogP contribution in [0.4, 0.5) is 4.79 Å². The molecule has 0 unspecified atom stereocenters. The number of rotatable bonds is 5. The quantitative estimate of drug-likeness (QED) is 0.721. The van der Waals surface area contributed by atoms with Crippen LogP contribution in [0.15, 0.2) is 0 Å². The molecule has 0 saturated heterocycles. The van der Waals surface area contributed by atoms with Gasteiger partial charge in [-0.25, -0.2) is 4.79 Å². The summed E-state index contributed by atoms with van der Waals surface area (Å²) >= 11 is 0. The van der Waals surface area contributed by atoms with E-state index < -0.39 is 6.09 Å². The lowest BCUT2D eigenvalue weighted by molar-refractivity contribution is -0.121. The van der Waals surface area contributed by atoms with Gasteiger partial charge in [0.1, 0.15) is 0 Å². The molecule has 15 heavy (non-hydrogen) atoms. The Hall–Kier alpha value is -1.26. The molecule has 0 aliphatic rings. The highest BCUT2D eigenvalue weighted by Gasteiger charge is 2.06. The molecule has 0 radical (unpaired) electrons. The minimum Gasteiger partial charge on any atom is -0.447 e. The van der Waals surface area contributed by atoms with Crippen LogP contribution >= 0.6 is 0 Å². The summed E-state index contributed by atoms with van der Waals surface area (Å²) in [5.41, 5.74) is 0. The van der Waals surface area contributed by atoms with E-state index in [1.165, 1.54) is 0 Å². The molecule has 0 aromatic heterocycles. The number of nitrogens with one attached hydrogen (secondary N) is 2. The van der Waals surface area contributed by atoms with Crippen LogP contribution in [0.2, 0.25) is 0 Å². The largest absolute Gasteiger partial charge is 0.447 e. The van der Waals surface area contributed by atoms with Gasteiger partial charge >= 0.3 is 6.09 Å². The molecule has 2 amide bonds. The summed E-state index contributed by atoms with van der Waals surface area (Å²) in [6.07, 6.45) is -0.359. The van der Waals surface area contributed by atoms with Crippen LogP contribution in [0.3, 0.4) is 0 Å². The molecule has 88 valence electrons. The van der Waals surface area contributed by atoms with E-state index in [1.54, 1.807) is 13.8 Å². The first-order valence-electron chi connectivity index (χ1n) is 5.15. The second-order valence-electron chi connectivity index (χ2n) is 3.85. The maximum Gasteiger partial charge on any atom is 0.407 e. The number of ether oxygens (including phenoxy) is 1. The first-order valence-corrected chi connectivity index (χ1v) is 5.15. The van der Waals surface area contributed by atoms with Gasteiger partial charge in [0.15, 0.2) is 0 Å². The molecule has 0 fully saturated rings. The van der Waals surface area contributed by atoms with Crippen molar-refractivity contribution < 1.29 is 14.3 Å². The third-order valence-corrected chi connectivity index (χ3v) is 1.41. The molecule has 0 aliphatic heterocycles. The second kappa shape index (κ2) is 7.09. The van der Waals surface area contributed by atoms with Gasteiger partial charge in [-0.15, -0.1) is 0 Å². The van der Waals surface area contributed by atoms with Crippen molar-refractivity contribution in [3.8, 4) is 0 Å². The normalized spacial score (nSPS) is 10.3. The highest BCUT2D eigenvalue weighted by molar-refractivity contribution is 5.77. The molecule has 0 rings (SSSR count). The standard InChI is InChI=1S/C10H20N2O3/c1-7(2)12-9(13)5-6-11-10(14)15-8(3)4/h7-8H,5-6H2,1-4H3,(H,11,14)(H,12,13). The van der Waals surface area contributed by atoms with Crippen LogP contribution in [0.1, 0.15) is 34.1 Å². The average molecular weight is 216 g/mol. The van der Waals surface area contributed by atoms with Gasteiger partial charge in [-0.05, 0) is 27.7 Å². The summed E-state index contributed by atoms with van der Waals surface area (Å²) in [5, 5.41) is 5.22. The molecule has 0 saturated carbocycles. The molecule has 0 heterocycles. The van der Waals surface area contributed by atoms with Gasteiger partial charge in [0.2, 0.25) is 5.91 Å². The summed E-state index contributed by atoms with van der Waals surface area (Å²) < 4.78 is 4.83. The van der Waals surface area contributed by atoms with E-state index in [0.717, 1.165) is 0 Å². The van der Waals surface area contributed by atoms with Crippen LogP contribution in [0, 0.1) is 0 Å². The Labute approximate surface area is 90.6 Å². The zero-order valence-electron chi connectivity index (χ0n) is 9.79. The van der Waals surface area contributed by atoms with Gasteiger partial charge in [-0.3, -0.25) is 4.79 Å². The van der Waals surface area contributed by atoms with Gasteiger partial charge in [0.25, 0.3) is 0 Å². The fourth-order valence-electron chi connectivity index (χ4n) is 0.928. The molecule has 0 atom stereocenters. The summed E-state index contributed by atoms with van der Waals surface area (Å²) in [7, 11) is 0. The zero-order valence-corrected chi connectivity index (χ0v) is 9.79. The second-order valence-corrected chi connectivity index (χ2v) is 3.85. The van der Waals surface area contributed by atoms with E-state index in [2.05, 4.69) is 10.6 Å². The van der Waals surface area contributed by atoms with Gasteiger partial charge in [-0.1, -0.05) is 0 Å². The molecule has 2 N–H and O–H groups in total. The molecule has 0 aromatic carbocycles. The average Bonchev–Trinajstić information content (AvgIpc) is 2.00. The first-order chi connectivity index (χ1) is 6.91. The summed E-state index contributed by atoms with van der Waals surface area (Å²) in [6.45, 7) is 7.61. The molecule has 0 bridgehead atoms. The van der Waals surface area contributed by atoms with Crippen molar-refractivity contribution in [2.75, 3.05) is 6.54 Å². The van der Waals surface area contributed by atoms with Crippen molar-refractivity contribution in [3.05, 3.63) is 0 Å². The van der Waals surface area contributed by atoms with Crippen molar-refractivity contribution in [2.45, 2.75) is 46.3 Å². The zero-order chi connectivity index (χ0) is 11.8. The minimum absolute atomic E-state index is 0.0742. The maximum atomic E-state index is 11.2. The van der Waals surface area contributed by atoms with Crippen LogP contribution in [0.25, 0.3) is 0 Å². The van der Waals surface area contributed by atoms with E-state index in [4.69, 9.17) is 4.74 Å². The minimum atomic E-state index is -0.484. The van der Waals surface area contributed by atoms with Crippen molar-refractivity contribution in [1.29, 1.82) is 0 Å². The summed E-state index contributed by atoms with van der Waals surface area (Å²) in [4.78, 5) is 22.1. The predicted molar refractivity (Wildman–Crippen MR) is 57.5 cm³/mol. The molecule has 5 nitrogen and oxygen atoms in total. The lowest BCUT2D eigenvalue weighted by Crippen LogP contribution is -2.34. The van der Waals surface area contributed by atoms with Crippen molar-refractivity contribution >= 4 is 12.0 Å². The molecular weight excluding hydrogens is 196 g/mol. The van der Waals surface area contributed by atoms with Crippen LogP contribution in [0.5, 0.6) is 0 Å². The lowest BCUT2D eigenvalue weighted by atomic mass is 10.3. The third kappa shape index (κ3) is 9.05. The van der Waals surface area contributed by atoms with E-state index in [0.29, 0.717) is 6.54 Å². The lowest BCUT2D eigenvalue weighted by Gasteiger charge is -2.10. The molecule has 5 heteroatoms. The monoisotopic (exact) mass is 216 g/mol. The Bertz CT molecular complexity index is 193. The Morgan fingerprint density at radius 1 is 1.20 bits per heavy atom. The number of carbonyl (C=O) groups excluding carboxylic acids is 2. The summed E-state index contributed by atoms with van der Waals surface area (Å²) in [6, 6.07) is 0.125. The smallest absolute Gasteiger partial charge is 0.407 e. The van der Waals surface area contributed by atoms with Crippen LogP contribution in [-0.4, -0.2) is 30.7 Å². The van der Waals surface area contributed by atoms with Gasteiger partial charge in [0.05, 0.1) is 6.10 Å². The van der Waals surface area contributed by atoms with Crippen molar-refractivity contribution in [2.24, 2.45) is 0 Å². The fourth-order valence-corrected chi connectivity index (χ4v) is 0.928. The number of hydrogen-bond donors (Lipinski definition) is 2. The molecule has 0 aliphatic carbocycles. The Balaban J connectivity index is 3.53. The number of hydrogen-bond acceptors (Lipinski definition) is 3. The van der Waals surface area contributed by atoms with Gasteiger partial charge in [-0.2, -0.15) is 0 Å². The van der Waals surface area contributed by atoms with Gasteiger partial charge < -0.3 is 15.4 Å². The topological polar surface area (TPSA) is 67.4 Å². The van der Waals surface area contributed by atoms with E-state index in [9.17, 15) is 9.59 Å². The molecular formula is C10H20N2O3. The third-order valence-electron chi connectivity index (χ3n) is 1.41. The first kappa shape index (κ1) is 13.7. The van der Waals surface area contributed by atoms with Crippen molar-refractivity contribution in [1.82, 2.24) is 10.6 Å². The van der Waals surface area contributed by atoms with E-state index >= 15 is 0 Å².